The molecule has 5 heteroatoms. The van der Waals surface area contributed by atoms with Gasteiger partial charge in [0.05, 0.1) is 25.4 Å². The van der Waals surface area contributed by atoms with Gasteiger partial charge < -0.3 is 14.2 Å². The van der Waals surface area contributed by atoms with E-state index in [0.717, 1.165) is 19.3 Å². The van der Waals surface area contributed by atoms with Crippen molar-refractivity contribution < 1.29 is 23.4 Å². The molecule has 1 aliphatic heterocycles. The van der Waals surface area contributed by atoms with Gasteiger partial charge in [0.25, 0.3) is 0 Å². The SMILES string of the molecule is CCCCCCCCCOC(=O)c1ccc(C2OCC(CCCCCCCCC)CO2)c(F)c1. The summed E-state index contributed by atoms with van der Waals surface area (Å²) >= 11 is 0. The highest BCUT2D eigenvalue weighted by molar-refractivity contribution is 5.89. The normalized spacial score (nSPS) is 18.2. The van der Waals surface area contributed by atoms with Crippen LogP contribution in [-0.2, 0) is 14.2 Å². The molecule has 0 atom stereocenters. The van der Waals surface area contributed by atoms with Crippen LogP contribution in [0.1, 0.15) is 132 Å². The zero-order valence-electron chi connectivity index (χ0n) is 21.6. The van der Waals surface area contributed by atoms with Gasteiger partial charge in [-0.25, -0.2) is 9.18 Å². The van der Waals surface area contributed by atoms with Gasteiger partial charge in [0.15, 0.2) is 6.29 Å². The molecule has 1 saturated heterocycles. The molecule has 4 nitrogen and oxygen atoms in total. The number of benzene rings is 1. The van der Waals surface area contributed by atoms with E-state index in [0.29, 0.717) is 31.3 Å². The summed E-state index contributed by atoms with van der Waals surface area (Å²) in [5.74, 6) is -0.589. The summed E-state index contributed by atoms with van der Waals surface area (Å²) in [4.78, 5) is 12.2. The molecule has 0 spiro atoms. The Hall–Kier alpha value is -1.46. The second-order valence-corrected chi connectivity index (χ2v) is 9.77. The lowest BCUT2D eigenvalue weighted by molar-refractivity contribution is -0.207. The van der Waals surface area contributed by atoms with Gasteiger partial charge in [-0.2, -0.15) is 0 Å². The van der Waals surface area contributed by atoms with E-state index in [1.807, 2.05) is 0 Å². The predicted octanol–water partition coefficient (Wildman–Crippen LogP) is 8.54. The maximum absolute atomic E-state index is 14.7. The predicted molar refractivity (Wildman–Crippen MR) is 135 cm³/mol. The maximum Gasteiger partial charge on any atom is 0.338 e. The van der Waals surface area contributed by atoms with E-state index >= 15 is 0 Å². The largest absolute Gasteiger partial charge is 0.462 e. The van der Waals surface area contributed by atoms with Crippen molar-refractivity contribution in [3.63, 3.8) is 0 Å². The highest BCUT2D eigenvalue weighted by atomic mass is 19.1. The van der Waals surface area contributed by atoms with Crippen molar-refractivity contribution in [1.29, 1.82) is 0 Å². The lowest BCUT2D eigenvalue weighted by Crippen LogP contribution is -2.27. The van der Waals surface area contributed by atoms with Crippen LogP contribution < -0.4 is 0 Å². The van der Waals surface area contributed by atoms with Crippen molar-refractivity contribution in [1.82, 2.24) is 0 Å². The molecule has 1 heterocycles. The molecule has 2 rings (SSSR count). The summed E-state index contributed by atoms with van der Waals surface area (Å²) < 4.78 is 31.6. The van der Waals surface area contributed by atoms with Crippen molar-refractivity contribution in [2.45, 2.75) is 116 Å². The number of unbranched alkanes of at least 4 members (excludes halogenated alkanes) is 12. The average molecular weight is 479 g/mol. The Morgan fingerprint density at radius 1 is 0.853 bits per heavy atom. The number of hydrogen-bond acceptors (Lipinski definition) is 4. The Kier molecular flexibility index (Phi) is 15.1. The molecule has 194 valence electrons. The first-order valence-electron chi connectivity index (χ1n) is 13.9. The van der Waals surface area contributed by atoms with Crippen molar-refractivity contribution in [3.8, 4) is 0 Å². The van der Waals surface area contributed by atoms with Crippen LogP contribution in [-0.4, -0.2) is 25.8 Å². The standard InChI is InChI=1S/C29H47FO4/c1-3-5-7-9-11-13-15-17-24-22-33-29(34-23-24)26-19-18-25(21-27(26)30)28(31)32-20-16-14-12-10-8-6-4-2/h18-19,21,24,29H,3-17,20,22-23H2,1-2H3. The van der Waals surface area contributed by atoms with E-state index < -0.39 is 18.1 Å². The molecule has 1 fully saturated rings. The lowest BCUT2D eigenvalue weighted by Gasteiger charge is -2.30. The van der Waals surface area contributed by atoms with Crippen LogP contribution in [0.2, 0.25) is 0 Å². The quantitative estimate of drug-likeness (QED) is 0.157. The average Bonchev–Trinajstić information content (AvgIpc) is 2.85. The molecule has 1 aromatic carbocycles. The molecule has 0 radical (unpaired) electrons. The van der Waals surface area contributed by atoms with Gasteiger partial charge >= 0.3 is 5.97 Å². The molecule has 1 aliphatic rings. The minimum absolute atomic E-state index is 0.233. The van der Waals surface area contributed by atoms with E-state index in [4.69, 9.17) is 14.2 Å². The fourth-order valence-electron chi connectivity index (χ4n) is 4.43. The van der Waals surface area contributed by atoms with Crippen LogP contribution >= 0.6 is 0 Å². The summed E-state index contributed by atoms with van der Waals surface area (Å²) in [6.07, 6.45) is 17.5. The van der Waals surface area contributed by atoms with Gasteiger partial charge in [0.2, 0.25) is 0 Å². The Morgan fingerprint density at radius 3 is 2.00 bits per heavy atom. The van der Waals surface area contributed by atoms with E-state index in [1.165, 1.54) is 83.1 Å². The smallest absolute Gasteiger partial charge is 0.338 e. The highest BCUT2D eigenvalue weighted by Gasteiger charge is 2.26. The molecule has 0 N–H and O–H groups in total. The highest BCUT2D eigenvalue weighted by Crippen LogP contribution is 2.29. The molecule has 0 unspecified atom stereocenters. The van der Waals surface area contributed by atoms with Gasteiger partial charge in [-0.3, -0.25) is 0 Å². The first-order valence-corrected chi connectivity index (χ1v) is 13.9. The minimum Gasteiger partial charge on any atom is -0.462 e. The Bertz CT molecular complexity index is 670. The van der Waals surface area contributed by atoms with Gasteiger partial charge in [-0.15, -0.1) is 0 Å². The Balaban J connectivity index is 1.63. The zero-order valence-corrected chi connectivity index (χ0v) is 21.6. The molecular formula is C29H47FO4. The fraction of sp³-hybridized carbons (Fsp3) is 0.759. The van der Waals surface area contributed by atoms with Crippen LogP contribution in [0.25, 0.3) is 0 Å². The van der Waals surface area contributed by atoms with Crippen molar-refractivity contribution in [3.05, 3.63) is 35.1 Å². The molecule has 1 aromatic rings. The number of esters is 1. The molecular weight excluding hydrogens is 431 g/mol. The number of carbonyl (C=O) groups excluding carboxylic acids is 1. The van der Waals surface area contributed by atoms with E-state index in [2.05, 4.69) is 13.8 Å². The van der Waals surface area contributed by atoms with Crippen LogP contribution in [0, 0.1) is 11.7 Å². The number of carbonyl (C=O) groups is 1. The van der Waals surface area contributed by atoms with Crippen molar-refractivity contribution in [2.75, 3.05) is 19.8 Å². The number of halogens is 1. The molecule has 0 saturated carbocycles. The minimum atomic E-state index is -0.705. The van der Waals surface area contributed by atoms with Crippen LogP contribution in [0.15, 0.2) is 18.2 Å². The summed E-state index contributed by atoms with van der Waals surface area (Å²) in [6.45, 7) is 6.00. The third-order valence-corrected chi connectivity index (χ3v) is 6.65. The maximum atomic E-state index is 14.7. The van der Waals surface area contributed by atoms with Gasteiger partial charge in [0.1, 0.15) is 5.82 Å². The first-order chi connectivity index (χ1) is 16.7. The van der Waals surface area contributed by atoms with Gasteiger partial charge in [0, 0.05) is 11.5 Å². The third-order valence-electron chi connectivity index (χ3n) is 6.65. The van der Waals surface area contributed by atoms with E-state index in [1.54, 1.807) is 12.1 Å². The van der Waals surface area contributed by atoms with Gasteiger partial charge in [-0.1, -0.05) is 103 Å². The second-order valence-electron chi connectivity index (χ2n) is 9.77. The fourth-order valence-corrected chi connectivity index (χ4v) is 4.43. The second kappa shape index (κ2) is 17.9. The molecule has 0 bridgehead atoms. The number of rotatable bonds is 18. The lowest BCUT2D eigenvalue weighted by atomic mass is 10.0. The Labute approximate surface area is 206 Å². The monoisotopic (exact) mass is 478 g/mol. The van der Waals surface area contributed by atoms with Crippen LogP contribution in [0.3, 0.4) is 0 Å². The summed E-state index contributed by atoms with van der Waals surface area (Å²) in [5.41, 5.74) is 0.579. The first kappa shape index (κ1) is 28.8. The van der Waals surface area contributed by atoms with Crippen LogP contribution in [0.5, 0.6) is 0 Å². The zero-order chi connectivity index (χ0) is 24.4. The molecule has 34 heavy (non-hydrogen) atoms. The number of ether oxygens (including phenoxy) is 3. The molecule has 0 aromatic heterocycles. The summed E-state index contributed by atoms with van der Waals surface area (Å²) in [7, 11) is 0. The Morgan fingerprint density at radius 2 is 1.41 bits per heavy atom. The number of hydrogen-bond donors (Lipinski definition) is 0. The summed E-state index contributed by atoms with van der Waals surface area (Å²) in [6, 6.07) is 4.42. The van der Waals surface area contributed by atoms with Gasteiger partial charge in [-0.05, 0) is 25.0 Å². The van der Waals surface area contributed by atoms with Crippen LogP contribution in [0.4, 0.5) is 4.39 Å². The van der Waals surface area contributed by atoms with Crippen molar-refractivity contribution in [2.24, 2.45) is 5.92 Å². The topological polar surface area (TPSA) is 44.8 Å². The molecule has 0 amide bonds. The summed E-state index contributed by atoms with van der Waals surface area (Å²) in [5, 5.41) is 0. The van der Waals surface area contributed by atoms with E-state index in [-0.39, 0.29) is 5.56 Å². The van der Waals surface area contributed by atoms with E-state index in [9.17, 15) is 9.18 Å². The molecule has 0 aliphatic carbocycles. The van der Waals surface area contributed by atoms with Crippen molar-refractivity contribution >= 4 is 5.97 Å². The third kappa shape index (κ3) is 11.3.